The molecular formula is C17H22N2. The standard InChI is InChI=1S/C17H22N2/c1-3-14-7-9-16(10-8-14)17(19-4-2)12-15-6-5-11-18-13-15/h5-11,13,17,19H,3-4,12H2,1-2H3. The van der Waals surface area contributed by atoms with Crippen LogP contribution in [0.15, 0.2) is 48.8 Å². The molecule has 2 rings (SSSR count). The van der Waals surface area contributed by atoms with Gasteiger partial charge < -0.3 is 5.32 Å². The second-order valence-corrected chi connectivity index (χ2v) is 4.77. The minimum Gasteiger partial charge on any atom is -0.310 e. The molecule has 1 aromatic heterocycles. The van der Waals surface area contributed by atoms with Gasteiger partial charge >= 0.3 is 0 Å². The number of likely N-dealkylation sites (N-methyl/N-ethyl adjacent to an activating group) is 1. The zero-order valence-corrected chi connectivity index (χ0v) is 11.8. The predicted molar refractivity (Wildman–Crippen MR) is 80.2 cm³/mol. The molecule has 1 unspecified atom stereocenters. The molecule has 1 aromatic carbocycles. The first-order valence-electron chi connectivity index (χ1n) is 7.04. The Bertz CT molecular complexity index is 476. The van der Waals surface area contributed by atoms with Gasteiger partial charge in [0.25, 0.3) is 0 Å². The number of hydrogen-bond donors (Lipinski definition) is 1. The number of nitrogens with one attached hydrogen (secondary N) is 1. The Labute approximate surface area is 115 Å². The third-order valence-corrected chi connectivity index (χ3v) is 3.40. The Kier molecular flexibility index (Phi) is 5.10. The summed E-state index contributed by atoms with van der Waals surface area (Å²) in [5.74, 6) is 0. The summed E-state index contributed by atoms with van der Waals surface area (Å²) in [6.07, 6.45) is 5.84. The molecule has 2 heteroatoms. The second-order valence-electron chi connectivity index (χ2n) is 4.77. The van der Waals surface area contributed by atoms with Crippen LogP contribution < -0.4 is 5.32 Å². The average molecular weight is 254 g/mol. The summed E-state index contributed by atoms with van der Waals surface area (Å²) in [6, 6.07) is 13.4. The monoisotopic (exact) mass is 254 g/mol. The summed E-state index contributed by atoms with van der Waals surface area (Å²) in [7, 11) is 0. The number of nitrogens with zero attached hydrogens (tertiary/aromatic N) is 1. The Morgan fingerprint density at radius 3 is 2.42 bits per heavy atom. The molecular weight excluding hydrogens is 232 g/mol. The topological polar surface area (TPSA) is 24.9 Å². The van der Waals surface area contributed by atoms with E-state index in [-0.39, 0.29) is 0 Å². The molecule has 1 N–H and O–H groups in total. The van der Waals surface area contributed by atoms with Crippen molar-refractivity contribution in [2.75, 3.05) is 6.54 Å². The van der Waals surface area contributed by atoms with E-state index in [4.69, 9.17) is 0 Å². The first kappa shape index (κ1) is 13.8. The molecule has 1 atom stereocenters. The summed E-state index contributed by atoms with van der Waals surface area (Å²) in [6.45, 7) is 5.31. The summed E-state index contributed by atoms with van der Waals surface area (Å²) in [5, 5.41) is 3.56. The lowest BCUT2D eigenvalue weighted by Gasteiger charge is -2.18. The van der Waals surface area contributed by atoms with Crippen LogP contribution >= 0.6 is 0 Å². The van der Waals surface area contributed by atoms with Gasteiger partial charge in [0.05, 0.1) is 0 Å². The number of benzene rings is 1. The molecule has 0 saturated heterocycles. The Morgan fingerprint density at radius 1 is 1.05 bits per heavy atom. The first-order valence-corrected chi connectivity index (χ1v) is 7.04. The van der Waals surface area contributed by atoms with Crippen molar-refractivity contribution in [1.82, 2.24) is 10.3 Å². The highest BCUT2D eigenvalue weighted by Crippen LogP contribution is 2.19. The van der Waals surface area contributed by atoms with Crippen molar-refractivity contribution in [2.24, 2.45) is 0 Å². The van der Waals surface area contributed by atoms with Crippen LogP contribution in [0.1, 0.15) is 36.6 Å². The fraction of sp³-hybridized carbons (Fsp3) is 0.353. The molecule has 19 heavy (non-hydrogen) atoms. The van der Waals surface area contributed by atoms with Crippen molar-refractivity contribution in [1.29, 1.82) is 0 Å². The molecule has 0 saturated carbocycles. The fourth-order valence-electron chi connectivity index (χ4n) is 2.29. The second kappa shape index (κ2) is 7.05. The molecule has 100 valence electrons. The molecule has 0 aliphatic carbocycles. The maximum atomic E-state index is 4.19. The molecule has 0 aliphatic rings. The van der Waals surface area contributed by atoms with Gasteiger partial charge in [0, 0.05) is 18.4 Å². The largest absolute Gasteiger partial charge is 0.310 e. The lowest BCUT2D eigenvalue weighted by Crippen LogP contribution is -2.23. The molecule has 0 amide bonds. The molecule has 1 heterocycles. The van der Waals surface area contributed by atoms with E-state index >= 15 is 0 Å². The van der Waals surface area contributed by atoms with Crippen molar-refractivity contribution < 1.29 is 0 Å². The van der Waals surface area contributed by atoms with Gasteiger partial charge in [0.1, 0.15) is 0 Å². The van der Waals surface area contributed by atoms with Gasteiger partial charge in [-0.05, 0) is 42.1 Å². The average Bonchev–Trinajstić information content (AvgIpc) is 2.48. The Morgan fingerprint density at radius 2 is 1.84 bits per heavy atom. The molecule has 2 nitrogen and oxygen atoms in total. The van der Waals surface area contributed by atoms with Crippen molar-refractivity contribution >= 4 is 0 Å². The van der Waals surface area contributed by atoms with E-state index in [9.17, 15) is 0 Å². The molecule has 0 spiro atoms. The SMILES string of the molecule is CCNC(Cc1cccnc1)c1ccc(CC)cc1. The number of aromatic nitrogens is 1. The van der Waals surface area contributed by atoms with Gasteiger partial charge in [-0.3, -0.25) is 4.98 Å². The summed E-state index contributed by atoms with van der Waals surface area (Å²) in [5.41, 5.74) is 4.01. The molecule has 0 radical (unpaired) electrons. The zero-order valence-electron chi connectivity index (χ0n) is 11.8. The lowest BCUT2D eigenvalue weighted by molar-refractivity contribution is 0.549. The van der Waals surface area contributed by atoms with E-state index in [1.165, 1.54) is 16.7 Å². The molecule has 0 bridgehead atoms. The van der Waals surface area contributed by atoms with Crippen molar-refractivity contribution in [2.45, 2.75) is 32.7 Å². The third-order valence-electron chi connectivity index (χ3n) is 3.40. The van der Waals surface area contributed by atoms with Crippen LogP contribution in [0.5, 0.6) is 0 Å². The van der Waals surface area contributed by atoms with Crippen molar-refractivity contribution in [3.8, 4) is 0 Å². The normalized spacial score (nSPS) is 12.3. The number of aryl methyl sites for hydroxylation is 1. The van der Waals surface area contributed by atoms with E-state index < -0.39 is 0 Å². The van der Waals surface area contributed by atoms with Gasteiger partial charge in [0.2, 0.25) is 0 Å². The van der Waals surface area contributed by atoms with Crippen LogP contribution in [-0.4, -0.2) is 11.5 Å². The van der Waals surface area contributed by atoms with Gasteiger partial charge in [-0.2, -0.15) is 0 Å². The lowest BCUT2D eigenvalue weighted by atomic mass is 9.98. The van der Waals surface area contributed by atoms with Crippen molar-refractivity contribution in [3.05, 3.63) is 65.5 Å². The van der Waals surface area contributed by atoms with Gasteiger partial charge in [-0.25, -0.2) is 0 Å². The van der Waals surface area contributed by atoms with Gasteiger partial charge in [-0.15, -0.1) is 0 Å². The Balaban J connectivity index is 2.14. The van der Waals surface area contributed by atoms with Crippen LogP contribution in [0.4, 0.5) is 0 Å². The van der Waals surface area contributed by atoms with E-state index in [1.54, 1.807) is 0 Å². The predicted octanol–water partition coefficient (Wildman–Crippen LogP) is 3.54. The van der Waals surface area contributed by atoms with E-state index in [0.717, 1.165) is 19.4 Å². The van der Waals surface area contributed by atoms with Crippen LogP contribution in [0.3, 0.4) is 0 Å². The van der Waals surface area contributed by atoms with E-state index in [1.807, 2.05) is 18.5 Å². The highest BCUT2D eigenvalue weighted by atomic mass is 14.9. The smallest absolute Gasteiger partial charge is 0.0361 e. The number of hydrogen-bond acceptors (Lipinski definition) is 2. The van der Waals surface area contributed by atoms with Gasteiger partial charge in [-0.1, -0.05) is 44.2 Å². The van der Waals surface area contributed by atoms with Crippen LogP contribution in [0, 0.1) is 0 Å². The summed E-state index contributed by atoms with van der Waals surface area (Å²) >= 11 is 0. The zero-order chi connectivity index (χ0) is 13.5. The maximum absolute atomic E-state index is 4.19. The van der Waals surface area contributed by atoms with Crippen molar-refractivity contribution in [3.63, 3.8) is 0 Å². The van der Waals surface area contributed by atoms with E-state index in [2.05, 4.69) is 54.5 Å². The third kappa shape index (κ3) is 3.90. The number of rotatable bonds is 6. The summed E-state index contributed by atoms with van der Waals surface area (Å²) < 4.78 is 0. The summed E-state index contributed by atoms with van der Waals surface area (Å²) in [4.78, 5) is 4.19. The van der Waals surface area contributed by atoms with Crippen LogP contribution in [0.2, 0.25) is 0 Å². The van der Waals surface area contributed by atoms with Gasteiger partial charge in [0.15, 0.2) is 0 Å². The van der Waals surface area contributed by atoms with E-state index in [0.29, 0.717) is 6.04 Å². The van der Waals surface area contributed by atoms with Crippen LogP contribution in [0.25, 0.3) is 0 Å². The Hall–Kier alpha value is -1.67. The maximum Gasteiger partial charge on any atom is 0.0361 e. The van der Waals surface area contributed by atoms with Crippen LogP contribution in [-0.2, 0) is 12.8 Å². The minimum atomic E-state index is 0.361. The highest BCUT2D eigenvalue weighted by Gasteiger charge is 2.10. The highest BCUT2D eigenvalue weighted by molar-refractivity contribution is 5.26. The molecule has 0 aliphatic heterocycles. The first-order chi connectivity index (χ1) is 9.33. The fourth-order valence-corrected chi connectivity index (χ4v) is 2.29. The molecule has 2 aromatic rings. The molecule has 0 fully saturated rings. The quantitative estimate of drug-likeness (QED) is 0.853. The number of pyridine rings is 1. The minimum absolute atomic E-state index is 0.361.